The minimum Gasteiger partial charge on any atom is -0.285 e. The van der Waals surface area contributed by atoms with Gasteiger partial charge in [-0.15, -0.1) is 0 Å². The number of hydrogen-bond acceptors (Lipinski definition) is 2. The zero-order valence-corrected chi connectivity index (χ0v) is 8.97. The fraction of sp³-hybridized carbons (Fsp3) is 1.00. The summed E-state index contributed by atoms with van der Waals surface area (Å²) in [5, 5.41) is 0. The van der Waals surface area contributed by atoms with Crippen molar-refractivity contribution in [2.75, 3.05) is 5.75 Å². The van der Waals surface area contributed by atoms with Crippen molar-refractivity contribution in [3.8, 4) is 0 Å². The van der Waals surface area contributed by atoms with Gasteiger partial charge in [0.1, 0.15) is 11.9 Å². The Morgan fingerprint density at radius 2 is 1.86 bits per heavy atom. The van der Waals surface area contributed by atoms with Gasteiger partial charge in [-0.25, -0.2) is 4.39 Å². The van der Waals surface area contributed by atoms with Gasteiger partial charge in [0.05, 0.1) is 0 Å². The largest absolute Gasteiger partial charge is 0.285 e. The smallest absolute Gasteiger partial charge is 0.267 e. The summed E-state index contributed by atoms with van der Waals surface area (Å²) in [7, 11) is -4.15. The molecule has 0 amide bonds. The molecule has 1 fully saturated rings. The van der Waals surface area contributed by atoms with Gasteiger partial charge in [-0.3, -0.25) is 4.55 Å². The van der Waals surface area contributed by atoms with Crippen LogP contribution in [0.15, 0.2) is 0 Å². The third kappa shape index (κ3) is 4.91. The first-order valence-corrected chi connectivity index (χ1v) is 6.67. The summed E-state index contributed by atoms with van der Waals surface area (Å²) in [6.45, 7) is 0. The lowest BCUT2D eigenvalue weighted by Gasteiger charge is -2.22. The van der Waals surface area contributed by atoms with Crippen LogP contribution in [0.4, 0.5) is 4.39 Å². The van der Waals surface area contributed by atoms with E-state index >= 15 is 0 Å². The van der Waals surface area contributed by atoms with Crippen LogP contribution in [0.2, 0.25) is 0 Å². The lowest BCUT2D eigenvalue weighted by molar-refractivity contribution is 0.244. The van der Waals surface area contributed by atoms with Crippen LogP contribution in [0.1, 0.15) is 38.5 Å². The van der Waals surface area contributed by atoms with E-state index in [4.69, 9.17) is 4.55 Å². The van der Waals surface area contributed by atoms with Gasteiger partial charge in [0, 0.05) is 0 Å². The molecule has 0 spiro atoms. The standard InChI is InChI=1S/C9H17FO3S/c10-9(7-14(11,12)13)6-8-4-2-1-3-5-8/h8-9H,1-7H2,(H,11,12,13). The maximum Gasteiger partial charge on any atom is 0.267 e. The highest BCUT2D eigenvalue weighted by Crippen LogP contribution is 2.28. The highest BCUT2D eigenvalue weighted by atomic mass is 32.2. The summed E-state index contributed by atoms with van der Waals surface area (Å²) in [5.74, 6) is -0.441. The number of alkyl halides is 1. The molecule has 1 unspecified atom stereocenters. The molecule has 1 atom stereocenters. The summed E-state index contributed by atoms with van der Waals surface area (Å²) < 4.78 is 42.4. The molecule has 0 radical (unpaired) electrons. The number of rotatable bonds is 4. The van der Waals surface area contributed by atoms with E-state index in [0.717, 1.165) is 25.7 Å². The molecule has 3 nitrogen and oxygen atoms in total. The Morgan fingerprint density at radius 1 is 1.29 bits per heavy atom. The summed E-state index contributed by atoms with van der Waals surface area (Å²) in [6.07, 6.45) is 4.28. The molecule has 0 heterocycles. The first-order valence-electron chi connectivity index (χ1n) is 5.06. The predicted octanol–water partition coefficient (Wildman–Crippen LogP) is 2.18. The van der Waals surface area contributed by atoms with Crippen LogP contribution >= 0.6 is 0 Å². The molecule has 0 aliphatic heterocycles. The Morgan fingerprint density at radius 3 is 2.36 bits per heavy atom. The molecule has 1 N–H and O–H groups in total. The minimum atomic E-state index is -4.15. The van der Waals surface area contributed by atoms with Crippen LogP contribution in [0.5, 0.6) is 0 Å². The SMILES string of the molecule is O=S(=O)(O)CC(F)CC1CCCCC1. The Bertz CT molecular complexity index is 257. The third-order valence-corrected chi connectivity index (χ3v) is 3.49. The van der Waals surface area contributed by atoms with E-state index in [-0.39, 0.29) is 6.42 Å². The van der Waals surface area contributed by atoms with E-state index < -0.39 is 22.0 Å². The Hall–Kier alpha value is -0.160. The fourth-order valence-corrected chi connectivity index (χ4v) is 2.67. The average Bonchev–Trinajstić information content (AvgIpc) is 2.02. The topological polar surface area (TPSA) is 54.4 Å². The Labute approximate surface area is 84.4 Å². The molecule has 0 aromatic heterocycles. The molecule has 5 heteroatoms. The van der Waals surface area contributed by atoms with Crippen molar-refractivity contribution in [3.05, 3.63) is 0 Å². The van der Waals surface area contributed by atoms with Gasteiger partial charge in [0.15, 0.2) is 0 Å². The summed E-state index contributed by atoms with van der Waals surface area (Å²) in [6, 6.07) is 0. The van der Waals surface area contributed by atoms with E-state index in [9.17, 15) is 12.8 Å². The molecule has 14 heavy (non-hydrogen) atoms. The molecule has 1 saturated carbocycles. The summed E-state index contributed by atoms with van der Waals surface area (Å²) in [5.41, 5.74) is 0. The molecular weight excluding hydrogens is 207 g/mol. The highest BCUT2D eigenvalue weighted by molar-refractivity contribution is 7.85. The Kier molecular flexibility index (Phi) is 4.31. The average molecular weight is 224 g/mol. The first-order chi connectivity index (χ1) is 6.47. The van der Waals surface area contributed by atoms with Gasteiger partial charge in [-0.1, -0.05) is 32.1 Å². The van der Waals surface area contributed by atoms with Crippen molar-refractivity contribution in [2.45, 2.75) is 44.7 Å². The molecule has 84 valence electrons. The van der Waals surface area contributed by atoms with E-state index in [1.54, 1.807) is 0 Å². The van der Waals surface area contributed by atoms with Crippen molar-refractivity contribution in [1.29, 1.82) is 0 Å². The van der Waals surface area contributed by atoms with Crippen LogP contribution < -0.4 is 0 Å². The van der Waals surface area contributed by atoms with Gasteiger partial charge >= 0.3 is 0 Å². The lowest BCUT2D eigenvalue weighted by Crippen LogP contribution is -2.20. The second-order valence-electron chi connectivity index (χ2n) is 4.09. The molecule has 0 saturated heterocycles. The van der Waals surface area contributed by atoms with Crippen LogP contribution in [0.25, 0.3) is 0 Å². The summed E-state index contributed by atoms with van der Waals surface area (Å²) in [4.78, 5) is 0. The van der Waals surface area contributed by atoms with Gasteiger partial charge in [0.2, 0.25) is 0 Å². The van der Waals surface area contributed by atoms with E-state index in [0.29, 0.717) is 5.92 Å². The van der Waals surface area contributed by atoms with Crippen LogP contribution in [0, 0.1) is 5.92 Å². The summed E-state index contributed by atoms with van der Waals surface area (Å²) >= 11 is 0. The fourth-order valence-electron chi connectivity index (χ4n) is 2.08. The normalized spacial score (nSPS) is 22.1. The maximum absolute atomic E-state index is 13.1. The quantitative estimate of drug-likeness (QED) is 0.745. The molecular formula is C9H17FO3S. The van der Waals surface area contributed by atoms with E-state index in [1.165, 1.54) is 6.42 Å². The molecule has 0 bridgehead atoms. The van der Waals surface area contributed by atoms with E-state index in [2.05, 4.69) is 0 Å². The van der Waals surface area contributed by atoms with Crippen LogP contribution in [-0.4, -0.2) is 24.9 Å². The molecule has 1 aliphatic rings. The van der Waals surface area contributed by atoms with Crippen molar-refractivity contribution >= 4 is 10.1 Å². The third-order valence-electron chi connectivity index (χ3n) is 2.71. The van der Waals surface area contributed by atoms with Crippen molar-refractivity contribution in [2.24, 2.45) is 5.92 Å². The molecule has 1 rings (SSSR count). The zero-order chi connectivity index (χ0) is 10.6. The van der Waals surface area contributed by atoms with Gasteiger partial charge < -0.3 is 0 Å². The van der Waals surface area contributed by atoms with Crippen LogP contribution in [0.3, 0.4) is 0 Å². The van der Waals surface area contributed by atoms with Crippen molar-refractivity contribution < 1.29 is 17.4 Å². The lowest BCUT2D eigenvalue weighted by atomic mass is 9.86. The molecule has 0 aromatic carbocycles. The minimum absolute atomic E-state index is 0.278. The number of hydrogen-bond donors (Lipinski definition) is 1. The van der Waals surface area contributed by atoms with Crippen molar-refractivity contribution in [3.63, 3.8) is 0 Å². The molecule has 1 aliphatic carbocycles. The predicted molar refractivity (Wildman–Crippen MR) is 52.5 cm³/mol. The van der Waals surface area contributed by atoms with Gasteiger partial charge in [-0.2, -0.15) is 8.42 Å². The first kappa shape index (κ1) is 11.9. The monoisotopic (exact) mass is 224 g/mol. The highest BCUT2D eigenvalue weighted by Gasteiger charge is 2.22. The second-order valence-corrected chi connectivity index (χ2v) is 5.58. The van der Waals surface area contributed by atoms with Gasteiger partial charge in [0.25, 0.3) is 10.1 Å². The molecule has 0 aromatic rings. The van der Waals surface area contributed by atoms with Crippen molar-refractivity contribution in [1.82, 2.24) is 0 Å². The van der Waals surface area contributed by atoms with Crippen LogP contribution in [-0.2, 0) is 10.1 Å². The van der Waals surface area contributed by atoms with E-state index in [1.807, 2.05) is 0 Å². The Balaban J connectivity index is 2.28. The van der Waals surface area contributed by atoms with Gasteiger partial charge in [-0.05, 0) is 12.3 Å². The number of halogens is 1. The second kappa shape index (κ2) is 5.07. The zero-order valence-electron chi connectivity index (χ0n) is 8.15. The maximum atomic E-state index is 13.1.